The number of hydrogen-bond acceptors (Lipinski definition) is 5. The SMILES string of the molecule is O=C(Nc1nc2c(s1)CCCCC2)c1ccc(S(=O)(=O)C(F)(F)F)cc1. The molecule has 1 heterocycles. The number of fused-ring (bicyclic) bond motifs is 1. The molecule has 26 heavy (non-hydrogen) atoms. The molecule has 0 atom stereocenters. The lowest BCUT2D eigenvalue weighted by molar-refractivity contribution is -0.0436. The molecule has 1 aromatic carbocycles. The summed E-state index contributed by atoms with van der Waals surface area (Å²) in [6.07, 6.45) is 5.08. The molecular formula is C16H15F3N2O3S2. The van der Waals surface area contributed by atoms with Gasteiger partial charge in [0.15, 0.2) is 5.13 Å². The van der Waals surface area contributed by atoms with Crippen molar-refractivity contribution in [1.82, 2.24) is 4.98 Å². The fourth-order valence-corrected chi connectivity index (χ4v) is 4.48. The van der Waals surface area contributed by atoms with Gasteiger partial charge in [-0.2, -0.15) is 13.2 Å². The summed E-state index contributed by atoms with van der Waals surface area (Å²) in [5, 5.41) is 3.06. The average molecular weight is 404 g/mol. The summed E-state index contributed by atoms with van der Waals surface area (Å²) in [5.41, 5.74) is -4.35. The number of aromatic nitrogens is 1. The van der Waals surface area contributed by atoms with E-state index in [4.69, 9.17) is 0 Å². The lowest BCUT2D eigenvalue weighted by Crippen LogP contribution is -2.23. The molecule has 1 aliphatic rings. The highest BCUT2D eigenvalue weighted by Crippen LogP contribution is 2.31. The topological polar surface area (TPSA) is 76.1 Å². The fraction of sp³-hybridized carbons (Fsp3) is 0.375. The van der Waals surface area contributed by atoms with Gasteiger partial charge >= 0.3 is 5.51 Å². The monoisotopic (exact) mass is 404 g/mol. The number of hydrogen-bond donors (Lipinski definition) is 1. The number of amides is 1. The van der Waals surface area contributed by atoms with Crippen LogP contribution >= 0.6 is 11.3 Å². The highest BCUT2D eigenvalue weighted by molar-refractivity contribution is 7.92. The number of anilines is 1. The zero-order chi connectivity index (χ0) is 18.9. The second-order valence-electron chi connectivity index (χ2n) is 5.88. The van der Waals surface area contributed by atoms with Crippen molar-refractivity contribution in [2.45, 2.75) is 42.5 Å². The Morgan fingerprint density at radius 3 is 2.38 bits per heavy atom. The Labute approximate surface area is 152 Å². The Morgan fingerprint density at radius 2 is 1.73 bits per heavy atom. The van der Waals surface area contributed by atoms with Gasteiger partial charge in [0.2, 0.25) is 0 Å². The molecule has 0 spiro atoms. The summed E-state index contributed by atoms with van der Waals surface area (Å²) in [6.45, 7) is 0. The Kier molecular flexibility index (Phi) is 5.07. The quantitative estimate of drug-likeness (QED) is 0.786. The molecule has 1 amide bonds. The van der Waals surface area contributed by atoms with Gasteiger partial charge in [0.05, 0.1) is 10.6 Å². The molecular weight excluding hydrogens is 389 g/mol. The van der Waals surface area contributed by atoms with Crippen molar-refractivity contribution in [1.29, 1.82) is 0 Å². The maximum Gasteiger partial charge on any atom is 0.501 e. The third-order valence-electron chi connectivity index (χ3n) is 4.05. The summed E-state index contributed by atoms with van der Waals surface area (Å²) in [4.78, 5) is 16.9. The maximum absolute atomic E-state index is 12.5. The fourth-order valence-electron chi connectivity index (χ4n) is 2.67. The molecule has 0 fully saturated rings. The number of nitrogens with zero attached hydrogens (tertiary/aromatic N) is 1. The summed E-state index contributed by atoms with van der Waals surface area (Å²) >= 11 is 1.39. The maximum atomic E-state index is 12.5. The predicted molar refractivity (Wildman–Crippen MR) is 91.0 cm³/mol. The van der Waals surface area contributed by atoms with Gasteiger partial charge in [-0.25, -0.2) is 13.4 Å². The van der Waals surface area contributed by atoms with E-state index in [1.807, 2.05) is 0 Å². The van der Waals surface area contributed by atoms with Crippen LogP contribution in [0.15, 0.2) is 29.2 Å². The molecule has 5 nitrogen and oxygen atoms in total. The van der Waals surface area contributed by atoms with E-state index < -0.39 is 26.1 Å². The summed E-state index contributed by atoms with van der Waals surface area (Å²) in [6, 6.07) is 3.64. The Morgan fingerprint density at radius 1 is 1.08 bits per heavy atom. The van der Waals surface area contributed by atoms with Crippen LogP contribution in [0, 0.1) is 0 Å². The number of thiazole rings is 1. The molecule has 3 rings (SSSR count). The van der Waals surface area contributed by atoms with E-state index in [0.29, 0.717) is 5.13 Å². The van der Waals surface area contributed by atoms with Crippen LogP contribution in [-0.2, 0) is 22.7 Å². The number of carbonyl (C=O) groups excluding carboxylic acids is 1. The lowest BCUT2D eigenvalue weighted by atomic mass is 10.2. The highest BCUT2D eigenvalue weighted by Gasteiger charge is 2.46. The van der Waals surface area contributed by atoms with Gasteiger partial charge in [0.25, 0.3) is 15.7 Å². The zero-order valence-electron chi connectivity index (χ0n) is 13.5. The van der Waals surface area contributed by atoms with Gasteiger partial charge in [-0.3, -0.25) is 10.1 Å². The summed E-state index contributed by atoms with van der Waals surface area (Å²) in [7, 11) is -5.43. The smallest absolute Gasteiger partial charge is 0.298 e. The van der Waals surface area contributed by atoms with Gasteiger partial charge in [0.1, 0.15) is 0 Å². The number of benzene rings is 1. The molecule has 0 saturated carbocycles. The van der Waals surface area contributed by atoms with E-state index >= 15 is 0 Å². The lowest BCUT2D eigenvalue weighted by Gasteiger charge is -2.08. The highest BCUT2D eigenvalue weighted by atomic mass is 32.2. The zero-order valence-corrected chi connectivity index (χ0v) is 15.1. The molecule has 2 aromatic rings. The minimum absolute atomic E-state index is 0.0523. The predicted octanol–water partition coefficient (Wildman–Crippen LogP) is 3.96. The minimum atomic E-state index is -5.43. The largest absolute Gasteiger partial charge is 0.501 e. The van der Waals surface area contributed by atoms with Crippen molar-refractivity contribution in [2.24, 2.45) is 0 Å². The van der Waals surface area contributed by atoms with Crippen LogP contribution in [0.1, 0.15) is 40.2 Å². The second-order valence-corrected chi connectivity index (χ2v) is 8.90. The molecule has 0 aliphatic heterocycles. The molecule has 10 heteroatoms. The summed E-state index contributed by atoms with van der Waals surface area (Å²) < 4.78 is 60.3. The van der Waals surface area contributed by atoms with Crippen molar-refractivity contribution in [2.75, 3.05) is 5.32 Å². The molecule has 1 aromatic heterocycles. The van der Waals surface area contributed by atoms with Gasteiger partial charge in [-0.05, 0) is 49.9 Å². The van der Waals surface area contributed by atoms with Crippen molar-refractivity contribution < 1.29 is 26.4 Å². The first kappa shape index (κ1) is 18.8. The molecule has 0 bridgehead atoms. The minimum Gasteiger partial charge on any atom is -0.298 e. The first-order valence-corrected chi connectivity index (χ1v) is 10.2. The van der Waals surface area contributed by atoms with Crippen LogP contribution in [0.25, 0.3) is 0 Å². The number of nitrogens with one attached hydrogen (secondary N) is 1. The third kappa shape index (κ3) is 3.75. The number of sulfone groups is 1. The van der Waals surface area contributed by atoms with E-state index in [1.54, 1.807) is 0 Å². The van der Waals surface area contributed by atoms with Crippen molar-refractivity contribution >= 4 is 32.2 Å². The van der Waals surface area contributed by atoms with Crippen LogP contribution in [0.2, 0.25) is 0 Å². The molecule has 0 radical (unpaired) electrons. The second kappa shape index (κ2) is 6.99. The molecule has 1 aliphatic carbocycles. The van der Waals surface area contributed by atoms with Gasteiger partial charge in [-0.15, -0.1) is 11.3 Å². The standard InChI is InChI=1S/C16H15F3N2O3S2/c17-16(18,19)26(23,24)11-8-6-10(7-9-11)14(22)21-15-20-12-4-2-1-3-5-13(12)25-15/h6-9H,1-5H2,(H,20,21,22). The van der Waals surface area contributed by atoms with Crippen LogP contribution < -0.4 is 5.32 Å². The number of rotatable bonds is 3. The Bertz CT molecular complexity index is 896. The van der Waals surface area contributed by atoms with Crippen molar-refractivity contribution in [3.63, 3.8) is 0 Å². The van der Waals surface area contributed by atoms with E-state index in [1.165, 1.54) is 11.3 Å². The van der Waals surface area contributed by atoms with E-state index in [9.17, 15) is 26.4 Å². The van der Waals surface area contributed by atoms with Gasteiger partial charge in [-0.1, -0.05) is 6.42 Å². The first-order chi connectivity index (χ1) is 12.2. The molecule has 0 saturated heterocycles. The number of halogens is 3. The van der Waals surface area contributed by atoms with Crippen LogP contribution in [-0.4, -0.2) is 24.8 Å². The summed E-state index contributed by atoms with van der Waals surface area (Å²) in [5.74, 6) is -0.551. The average Bonchev–Trinajstić information content (AvgIpc) is 2.82. The molecule has 140 valence electrons. The molecule has 0 unspecified atom stereocenters. The van der Waals surface area contributed by atoms with Gasteiger partial charge in [0, 0.05) is 10.4 Å². The van der Waals surface area contributed by atoms with Crippen LogP contribution in [0.4, 0.5) is 18.3 Å². The van der Waals surface area contributed by atoms with Crippen LogP contribution in [0.3, 0.4) is 0 Å². The number of alkyl halides is 3. The Hall–Kier alpha value is -1.94. The number of carbonyl (C=O) groups is 1. The number of aryl methyl sites for hydroxylation is 2. The van der Waals surface area contributed by atoms with E-state index in [2.05, 4.69) is 10.3 Å². The first-order valence-electron chi connectivity index (χ1n) is 7.90. The van der Waals surface area contributed by atoms with E-state index in [-0.39, 0.29) is 5.56 Å². The van der Waals surface area contributed by atoms with Crippen LogP contribution in [0.5, 0.6) is 0 Å². The normalized spacial score (nSPS) is 15.2. The van der Waals surface area contributed by atoms with E-state index in [0.717, 1.165) is 66.9 Å². The third-order valence-corrected chi connectivity index (χ3v) is 6.62. The van der Waals surface area contributed by atoms with Crippen molar-refractivity contribution in [3.8, 4) is 0 Å². The van der Waals surface area contributed by atoms with Crippen molar-refractivity contribution in [3.05, 3.63) is 40.4 Å². The molecule has 1 N–H and O–H groups in total. The Balaban J connectivity index is 1.75. The van der Waals surface area contributed by atoms with Gasteiger partial charge < -0.3 is 0 Å².